The molecule has 2 N–H and O–H groups in total. The normalized spacial score (nSPS) is 22.9. The summed E-state index contributed by atoms with van der Waals surface area (Å²) in [4.78, 5) is 14.6. The summed E-state index contributed by atoms with van der Waals surface area (Å²) in [5, 5.41) is 17.4. The Balaban J connectivity index is 1.83. The van der Waals surface area contributed by atoms with Gasteiger partial charge in [-0.25, -0.2) is 0 Å². The third-order valence-corrected chi connectivity index (χ3v) is 3.65. The summed E-state index contributed by atoms with van der Waals surface area (Å²) in [5.41, 5.74) is 1.07. The Morgan fingerprint density at radius 3 is 3.15 bits per heavy atom. The van der Waals surface area contributed by atoms with Gasteiger partial charge in [-0.1, -0.05) is 0 Å². The molecule has 7 heteroatoms. The molecule has 3 rings (SSSR count). The van der Waals surface area contributed by atoms with E-state index in [4.69, 9.17) is 4.42 Å². The number of anilines is 1. The first-order valence-electron chi connectivity index (χ1n) is 6.68. The van der Waals surface area contributed by atoms with Gasteiger partial charge in [-0.3, -0.25) is 10.1 Å². The highest BCUT2D eigenvalue weighted by molar-refractivity contribution is 5.77. The van der Waals surface area contributed by atoms with E-state index in [0.29, 0.717) is 23.2 Å². The molecule has 2 atom stereocenters. The van der Waals surface area contributed by atoms with E-state index in [1.807, 2.05) is 0 Å². The summed E-state index contributed by atoms with van der Waals surface area (Å²) in [5.74, 6) is 0. The molecule has 1 fully saturated rings. The van der Waals surface area contributed by atoms with Gasteiger partial charge < -0.3 is 15.1 Å². The molecule has 0 aliphatic carbocycles. The standard InChI is InChI=1S/C13H16N4O3/c1-8-10(3-2-6-14-8)15-13-16-11-7-9(17(18)19)4-5-12(11)20-13/h4-5,7-8,10,14H,2-3,6H2,1H3,(H,15,16). The van der Waals surface area contributed by atoms with Crippen LogP contribution in [0.15, 0.2) is 22.6 Å². The number of oxazole rings is 1. The number of nitrogens with zero attached hydrogens (tertiary/aromatic N) is 2. The van der Waals surface area contributed by atoms with E-state index in [0.717, 1.165) is 19.4 Å². The summed E-state index contributed by atoms with van der Waals surface area (Å²) in [6.07, 6.45) is 2.15. The summed E-state index contributed by atoms with van der Waals surface area (Å²) in [7, 11) is 0. The fourth-order valence-electron chi connectivity index (χ4n) is 2.49. The van der Waals surface area contributed by atoms with Crippen LogP contribution in [-0.2, 0) is 0 Å². The lowest BCUT2D eigenvalue weighted by Gasteiger charge is -2.29. The fourth-order valence-corrected chi connectivity index (χ4v) is 2.49. The van der Waals surface area contributed by atoms with Crippen molar-refractivity contribution >= 4 is 22.8 Å². The maximum atomic E-state index is 10.7. The quantitative estimate of drug-likeness (QED) is 0.660. The van der Waals surface area contributed by atoms with E-state index in [1.165, 1.54) is 12.1 Å². The zero-order chi connectivity index (χ0) is 14.1. The topological polar surface area (TPSA) is 93.2 Å². The van der Waals surface area contributed by atoms with Gasteiger partial charge in [0.05, 0.1) is 4.92 Å². The number of aromatic nitrogens is 1. The first-order valence-corrected chi connectivity index (χ1v) is 6.68. The molecule has 20 heavy (non-hydrogen) atoms. The molecule has 2 aromatic rings. The van der Waals surface area contributed by atoms with Gasteiger partial charge >= 0.3 is 0 Å². The number of nitrogens with one attached hydrogen (secondary N) is 2. The van der Waals surface area contributed by atoms with Gasteiger partial charge in [-0.05, 0) is 32.4 Å². The van der Waals surface area contributed by atoms with Gasteiger partial charge in [-0.15, -0.1) is 0 Å². The number of non-ortho nitro benzene ring substituents is 1. The monoisotopic (exact) mass is 276 g/mol. The highest BCUT2D eigenvalue weighted by Crippen LogP contribution is 2.24. The minimum Gasteiger partial charge on any atom is -0.424 e. The van der Waals surface area contributed by atoms with Crippen LogP contribution in [0.5, 0.6) is 0 Å². The Morgan fingerprint density at radius 1 is 1.55 bits per heavy atom. The third kappa shape index (κ3) is 2.44. The maximum Gasteiger partial charge on any atom is 0.295 e. The molecule has 0 spiro atoms. The zero-order valence-electron chi connectivity index (χ0n) is 11.1. The summed E-state index contributed by atoms with van der Waals surface area (Å²) in [6, 6.07) is 5.43. The first-order chi connectivity index (χ1) is 9.63. The molecule has 0 bridgehead atoms. The predicted octanol–water partition coefficient (Wildman–Crippen LogP) is 2.29. The number of piperidine rings is 1. The average Bonchev–Trinajstić information content (AvgIpc) is 2.82. The molecule has 0 radical (unpaired) electrons. The molecule has 1 saturated heterocycles. The van der Waals surface area contributed by atoms with E-state index in [1.54, 1.807) is 6.07 Å². The molecule has 106 valence electrons. The van der Waals surface area contributed by atoms with E-state index in [2.05, 4.69) is 22.5 Å². The number of nitro groups is 1. The van der Waals surface area contributed by atoms with Crippen molar-refractivity contribution in [1.29, 1.82) is 0 Å². The van der Waals surface area contributed by atoms with Crippen molar-refractivity contribution in [3.63, 3.8) is 0 Å². The number of hydrogen-bond acceptors (Lipinski definition) is 6. The smallest absolute Gasteiger partial charge is 0.295 e. The molecular weight excluding hydrogens is 260 g/mol. The lowest BCUT2D eigenvalue weighted by molar-refractivity contribution is -0.384. The SMILES string of the molecule is CC1NCCCC1Nc1nc2cc([N+](=O)[O-])ccc2o1. The molecule has 1 aromatic carbocycles. The number of fused-ring (bicyclic) bond motifs is 1. The van der Waals surface area contributed by atoms with Crippen molar-refractivity contribution in [2.24, 2.45) is 0 Å². The number of rotatable bonds is 3. The largest absolute Gasteiger partial charge is 0.424 e. The van der Waals surface area contributed by atoms with Crippen LogP contribution in [0.1, 0.15) is 19.8 Å². The van der Waals surface area contributed by atoms with Crippen LogP contribution < -0.4 is 10.6 Å². The molecule has 0 amide bonds. The molecular formula is C13H16N4O3. The van der Waals surface area contributed by atoms with Gasteiger partial charge in [0.1, 0.15) is 5.52 Å². The molecule has 1 aliphatic heterocycles. The van der Waals surface area contributed by atoms with Crippen molar-refractivity contribution in [3.05, 3.63) is 28.3 Å². The van der Waals surface area contributed by atoms with Crippen molar-refractivity contribution in [1.82, 2.24) is 10.3 Å². The Bertz CT molecular complexity index is 640. The Hall–Kier alpha value is -2.15. The second-order valence-corrected chi connectivity index (χ2v) is 5.06. The molecule has 0 saturated carbocycles. The minimum atomic E-state index is -0.436. The summed E-state index contributed by atoms with van der Waals surface area (Å²) >= 11 is 0. The average molecular weight is 276 g/mol. The van der Waals surface area contributed by atoms with Crippen LogP contribution in [-0.4, -0.2) is 28.5 Å². The summed E-state index contributed by atoms with van der Waals surface area (Å²) < 4.78 is 5.58. The first kappa shape index (κ1) is 12.9. The zero-order valence-corrected chi connectivity index (χ0v) is 11.1. The minimum absolute atomic E-state index is 0.0186. The molecule has 1 aromatic heterocycles. The second-order valence-electron chi connectivity index (χ2n) is 5.06. The fraction of sp³-hybridized carbons (Fsp3) is 0.462. The number of hydrogen-bond donors (Lipinski definition) is 2. The number of nitro benzene ring substituents is 1. The van der Waals surface area contributed by atoms with E-state index in [-0.39, 0.29) is 11.7 Å². The van der Waals surface area contributed by atoms with Crippen LogP contribution >= 0.6 is 0 Å². The lowest BCUT2D eigenvalue weighted by atomic mass is 10.0. The Morgan fingerprint density at radius 2 is 2.40 bits per heavy atom. The maximum absolute atomic E-state index is 10.7. The number of benzene rings is 1. The van der Waals surface area contributed by atoms with Crippen LogP contribution in [0.2, 0.25) is 0 Å². The van der Waals surface area contributed by atoms with Crippen molar-refractivity contribution in [2.45, 2.75) is 31.8 Å². The van der Waals surface area contributed by atoms with Crippen LogP contribution in [0.3, 0.4) is 0 Å². The van der Waals surface area contributed by atoms with Gasteiger partial charge in [0.15, 0.2) is 5.58 Å². The third-order valence-electron chi connectivity index (χ3n) is 3.65. The van der Waals surface area contributed by atoms with Gasteiger partial charge in [0.2, 0.25) is 0 Å². The van der Waals surface area contributed by atoms with E-state index >= 15 is 0 Å². The molecule has 2 heterocycles. The van der Waals surface area contributed by atoms with Crippen molar-refractivity contribution in [2.75, 3.05) is 11.9 Å². The molecule has 7 nitrogen and oxygen atoms in total. The van der Waals surface area contributed by atoms with Crippen LogP contribution in [0.4, 0.5) is 11.7 Å². The van der Waals surface area contributed by atoms with Crippen LogP contribution in [0.25, 0.3) is 11.1 Å². The Kier molecular flexibility index (Phi) is 3.27. The van der Waals surface area contributed by atoms with Gasteiger partial charge in [0.25, 0.3) is 11.7 Å². The molecule has 2 unspecified atom stereocenters. The predicted molar refractivity (Wildman–Crippen MR) is 74.8 cm³/mol. The highest BCUT2D eigenvalue weighted by Gasteiger charge is 2.22. The Labute approximate surface area is 115 Å². The van der Waals surface area contributed by atoms with Crippen LogP contribution in [0, 0.1) is 10.1 Å². The summed E-state index contributed by atoms with van der Waals surface area (Å²) in [6.45, 7) is 3.14. The highest BCUT2D eigenvalue weighted by atomic mass is 16.6. The second kappa shape index (κ2) is 5.09. The van der Waals surface area contributed by atoms with Crippen molar-refractivity contribution < 1.29 is 9.34 Å². The van der Waals surface area contributed by atoms with Gasteiger partial charge in [-0.2, -0.15) is 4.98 Å². The van der Waals surface area contributed by atoms with Gasteiger partial charge in [0, 0.05) is 24.2 Å². The lowest BCUT2D eigenvalue weighted by Crippen LogP contribution is -2.46. The van der Waals surface area contributed by atoms with E-state index in [9.17, 15) is 10.1 Å². The van der Waals surface area contributed by atoms with Crippen molar-refractivity contribution in [3.8, 4) is 0 Å². The van der Waals surface area contributed by atoms with E-state index < -0.39 is 4.92 Å². The molecule has 1 aliphatic rings.